The SMILES string of the molecule is CCCCCCCCC(C)N(CCC1CCCCN1C(=O)OC(C)(C)C)c1ncccn1. The molecule has 2 rings (SSSR count). The van der Waals surface area contributed by atoms with E-state index in [1.54, 1.807) is 0 Å². The Morgan fingerprint density at radius 1 is 1.16 bits per heavy atom. The van der Waals surface area contributed by atoms with Gasteiger partial charge in [0.2, 0.25) is 5.95 Å². The minimum absolute atomic E-state index is 0.176. The van der Waals surface area contributed by atoms with E-state index in [1.165, 1.54) is 44.9 Å². The maximum Gasteiger partial charge on any atom is 0.410 e. The summed E-state index contributed by atoms with van der Waals surface area (Å²) in [7, 11) is 0. The van der Waals surface area contributed by atoms with Crippen LogP contribution < -0.4 is 4.90 Å². The predicted molar refractivity (Wildman–Crippen MR) is 132 cm³/mol. The van der Waals surface area contributed by atoms with E-state index < -0.39 is 5.60 Å². The topological polar surface area (TPSA) is 58.6 Å². The lowest BCUT2D eigenvalue weighted by Crippen LogP contribution is -2.48. The molecule has 0 radical (unpaired) electrons. The summed E-state index contributed by atoms with van der Waals surface area (Å²) in [5.41, 5.74) is -0.464. The fourth-order valence-electron chi connectivity index (χ4n) is 4.48. The van der Waals surface area contributed by atoms with E-state index in [0.717, 1.165) is 44.7 Å². The number of hydrogen-bond donors (Lipinski definition) is 0. The monoisotopic (exact) mass is 446 g/mol. The van der Waals surface area contributed by atoms with Crippen LogP contribution in [0.25, 0.3) is 0 Å². The smallest absolute Gasteiger partial charge is 0.410 e. The molecule has 0 spiro atoms. The van der Waals surface area contributed by atoms with Gasteiger partial charge in [-0.1, -0.05) is 45.4 Å². The Balaban J connectivity index is 1.97. The Bertz CT molecular complexity index is 647. The van der Waals surface area contributed by atoms with Crippen molar-refractivity contribution in [1.29, 1.82) is 0 Å². The average molecular weight is 447 g/mol. The lowest BCUT2D eigenvalue weighted by atomic mass is 9.99. The number of hydrogen-bond acceptors (Lipinski definition) is 5. The van der Waals surface area contributed by atoms with Crippen molar-refractivity contribution in [2.75, 3.05) is 18.0 Å². The third kappa shape index (κ3) is 9.33. The van der Waals surface area contributed by atoms with Crippen LogP contribution in [-0.4, -0.2) is 51.7 Å². The highest BCUT2D eigenvalue weighted by Gasteiger charge is 2.31. The van der Waals surface area contributed by atoms with E-state index in [1.807, 2.05) is 44.1 Å². The van der Waals surface area contributed by atoms with Crippen molar-refractivity contribution in [2.45, 2.75) is 123 Å². The van der Waals surface area contributed by atoms with Gasteiger partial charge in [-0.2, -0.15) is 0 Å². The van der Waals surface area contributed by atoms with E-state index in [9.17, 15) is 4.79 Å². The van der Waals surface area contributed by atoms with Crippen molar-refractivity contribution in [3.63, 3.8) is 0 Å². The number of nitrogens with zero attached hydrogens (tertiary/aromatic N) is 4. The molecule has 1 fully saturated rings. The highest BCUT2D eigenvalue weighted by atomic mass is 16.6. The van der Waals surface area contributed by atoms with Crippen molar-refractivity contribution in [3.05, 3.63) is 18.5 Å². The molecule has 1 aliphatic rings. The molecular formula is C26H46N4O2. The number of carbonyl (C=O) groups excluding carboxylic acids is 1. The van der Waals surface area contributed by atoms with Gasteiger partial charge in [0.15, 0.2) is 0 Å². The van der Waals surface area contributed by atoms with Crippen LogP contribution in [-0.2, 0) is 4.74 Å². The van der Waals surface area contributed by atoms with Gasteiger partial charge < -0.3 is 14.5 Å². The zero-order chi connectivity index (χ0) is 23.4. The van der Waals surface area contributed by atoms with E-state index in [2.05, 4.69) is 28.7 Å². The summed E-state index contributed by atoms with van der Waals surface area (Å²) in [4.78, 5) is 26.2. The van der Waals surface area contributed by atoms with Crippen molar-refractivity contribution >= 4 is 12.0 Å². The third-order valence-electron chi connectivity index (χ3n) is 6.27. The van der Waals surface area contributed by atoms with Gasteiger partial charge in [0.1, 0.15) is 5.60 Å². The van der Waals surface area contributed by atoms with Gasteiger partial charge in [0.05, 0.1) is 0 Å². The normalized spacial score (nSPS) is 17.8. The zero-order valence-corrected chi connectivity index (χ0v) is 21.2. The predicted octanol–water partition coefficient (Wildman–Crippen LogP) is 6.60. The number of ether oxygens (including phenoxy) is 1. The van der Waals surface area contributed by atoms with Crippen molar-refractivity contribution < 1.29 is 9.53 Å². The van der Waals surface area contributed by atoms with Gasteiger partial charge in [-0.25, -0.2) is 14.8 Å². The maximum absolute atomic E-state index is 12.8. The second-order valence-corrected chi connectivity index (χ2v) is 10.3. The van der Waals surface area contributed by atoms with E-state index in [4.69, 9.17) is 4.74 Å². The molecule has 2 heterocycles. The lowest BCUT2D eigenvalue weighted by Gasteiger charge is -2.38. The molecule has 0 aliphatic carbocycles. The molecule has 1 aliphatic heterocycles. The summed E-state index contributed by atoms with van der Waals surface area (Å²) < 4.78 is 5.69. The molecule has 2 atom stereocenters. The lowest BCUT2D eigenvalue weighted by molar-refractivity contribution is 0.00907. The third-order valence-corrected chi connectivity index (χ3v) is 6.27. The van der Waals surface area contributed by atoms with Gasteiger partial charge >= 0.3 is 6.09 Å². The quantitative estimate of drug-likeness (QED) is 0.338. The second kappa shape index (κ2) is 13.6. The van der Waals surface area contributed by atoms with Gasteiger partial charge in [-0.05, 0) is 65.9 Å². The average Bonchev–Trinajstić information content (AvgIpc) is 2.76. The van der Waals surface area contributed by atoms with Gasteiger partial charge in [-0.15, -0.1) is 0 Å². The first-order valence-electron chi connectivity index (χ1n) is 12.8. The summed E-state index contributed by atoms with van der Waals surface area (Å²) in [5, 5.41) is 0. The van der Waals surface area contributed by atoms with Gasteiger partial charge in [0.25, 0.3) is 0 Å². The summed E-state index contributed by atoms with van der Waals surface area (Å²) in [6, 6.07) is 2.46. The highest BCUT2D eigenvalue weighted by Crippen LogP contribution is 2.24. The summed E-state index contributed by atoms with van der Waals surface area (Å²) >= 11 is 0. The number of likely N-dealkylation sites (tertiary alicyclic amines) is 1. The molecule has 1 saturated heterocycles. The number of rotatable bonds is 12. The first-order chi connectivity index (χ1) is 15.3. The number of anilines is 1. The van der Waals surface area contributed by atoms with Crippen molar-refractivity contribution in [2.24, 2.45) is 0 Å². The summed E-state index contributed by atoms with van der Waals surface area (Å²) in [6.45, 7) is 12.0. The molecule has 1 aromatic rings. The number of aromatic nitrogens is 2. The Morgan fingerprint density at radius 2 is 1.84 bits per heavy atom. The first kappa shape index (κ1) is 26.4. The summed E-state index contributed by atoms with van der Waals surface area (Å²) in [5.74, 6) is 0.797. The van der Waals surface area contributed by atoms with Crippen LogP contribution in [0.5, 0.6) is 0 Å². The molecule has 0 saturated carbocycles. The molecule has 6 heteroatoms. The van der Waals surface area contributed by atoms with Crippen LogP contribution in [0.1, 0.15) is 105 Å². The Labute approximate surface area is 196 Å². The Morgan fingerprint density at radius 3 is 2.53 bits per heavy atom. The van der Waals surface area contributed by atoms with Gasteiger partial charge in [0, 0.05) is 37.6 Å². The zero-order valence-electron chi connectivity index (χ0n) is 21.2. The van der Waals surface area contributed by atoms with Crippen LogP contribution in [0.3, 0.4) is 0 Å². The second-order valence-electron chi connectivity index (χ2n) is 10.3. The fourth-order valence-corrected chi connectivity index (χ4v) is 4.48. The number of piperidine rings is 1. The molecule has 2 unspecified atom stereocenters. The Hall–Kier alpha value is -1.85. The highest BCUT2D eigenvalue weighted by molar-refractivity contribution is 5.68. The number of amides is 1. The molecule has 0 bridgehead atoms. The van der Waals surface area contributed by atoms with Gasteiger partial charge in [-0.3, -0.25) is 0 Å². The van der Waals surface area contributed by atoms with Crippen molar-refractivity contribution in [3.8, 4) is 0 Å². The molecule has 1 amide bonds. The summed E-state index contributed by atoms with van der Waals surface area (Å²) in [6.07, 6.45) is 16.6. The van der Waals surface area contributed by atoms with Crippen LogP contribution in [0, 0.1) is 0 Å². The van der Waals surface area contributed by atoms with Crippen LogP contribution >= 0.6 is 0 Å². The number of carbonyl (C=O) groups is 1. The largest absolute Gasteiger partial charge is 0.444 e. The molecule has 32 heavy (non-hydrogen) atoms. The van der Waals surface area contributed by atoms with Crippen LogP contribution in [0.15, 0.2) is 18.5 Å². The van der Waals surface area contributed by atoms with Crippen LogP contribution in [0.2, 0.25) is 0 Å². The molecule has 182 valence electrons. The Kier molecular flexibility index (Phi) is 11.3. The molecule has 1 aromatic heterocycles. The van der Waals surface area contributed by atoms with Crippen molar-refractivity contribution in [1.82, 2.24) is 14.9 Å². The first-order valence-corrected chi connectivity index (χ1v) is 12.8. The van der Waals surface area contributed by atoms with E-state index in [-0.39, 0.29) is 12.1 Å². The molecular weight excluding hydrogens is 400 g/mol. The van der Waals surface area contributed by atoms with E-state index in [0.29, 0.717) is 6.04 Å². The van der Waals surface area contributed by atoms with Crippen LogP contribution in [0.4, 0.5) is 10.7 Å². The molecule has 0 aromatic carbocycles. The maximum atomic E-state index is 12.8. The fraction of sp³-hybridized carbons (Fsp3) is 0.808. The number of unbranched alkanes of at least 4 members (excludes halogenated alkanes) is 5. The molecule has 6 nitrogen and oxygen atoms in total. The van der Waals surface area contributed by atoms with E-state index >= 15 is 0 Å². The minimum Gasteiger partial charge on any atom is -0.444 e. The standard InChI is InChI=1S/C26H46N4O2/c1-6-7-8-9-10-11-15-22(2)29(24-27-18-14-19-28-24)21-17-23-16-12-13-20-30(23)25(31)32-26(3,4)5/h14,18-19,22-23H,6-13,15-17,20-21H2,1-5H3. The minimum atomic E-state index is -0.464. The molecule has 0 N–H and O–H groups in total.